The van der Waals surface area contributed by atoms with E-state index in [2.05, 4.69) is 46.8 Å². The molecule has 1 heterocycles. The van der Waals surface area contributed by atoms with Gasteiger partial charge in [-0.15, -0.1) is 0 Å². The highest BCUT2D eigenvalue weighted by Gasteiger charge is 2.08. The highest BCUT2D eigenvalue weighted by atomic mass is 32.1. The summed E-state index contributed by atoms with van der Waals surface area (Å²) in [6.45, 7) is 2.66. The van der Waals surface area contributed by atoms with Crippen LogP contribution in [-0.4, -0.2) is 16.0 Å². The quantitative estimate of drug-likeness (QED) is 0.556. The molecule has 6 heteroatoms. The monoisotopic (exact) mass is 405 g/mol. The number of benzene rings is 2. The average molecular weight is 406 g/mol. The molecule has 0 aliphatic rings. The van der Waals surface area contributed by atoms with Crippen molar-refractivity contribution in [1.29, 1.82) is 0 Å². The highest BCUT2D eigenvalue weighted by Crippen LogP contribution is 2.19. The second kappa shape index (κ2) is 10.3. The number of hydrogen-bond acceptors (Lipinski definition) is 4. The molecule has 5 nitrogen and oxygen atoms in total. The Morgan fingerprint density at radius 3 is 2.59 bits per heavy atom. The summed E-state index contributed by atoms with van der Waals surface area (Å²) in [5, 5.41) is 5.85. The van der Waals surface area contributed by atoms with Gasteiger partial charge in [-0.2, -0.15) is 0 Å². The van der Waals surface area contributed by atoms with Crippen LogP contribution in [-0.2, 0) is 13.0 Å². The summed E-state index contributed by atoms with van der Waals surface area (Å²) >= 11 is 5.23. The molecule has 0 unspecified atom stereocenters. The van der Waals surface area contributed by atoms with E-state index in [1.807, 2.05) is 24.3 Å². The van der Waals surface area contributed by atoms with Gasteiger partial charge in [0.15, 0.2) is 5.11 Å². The molecule has 1 amide bonds. The maximum absolute atomic E-state index is 12.1. The Kier molecular flexibility index (Phi) is 7.30. The lowest BCUT2D eigenvalue weighted by Crippen LogP contribution is -2.34. The van der Waals surface area contributed by atoms with Crippen molar-refractivity contribution >= 4 is 28.9 Å². The summed E-state index contributed by atoms with van der Waals surface area (Å²) in [6, 6.07) is 19.3. The number of ether oxygens (including phenoxy) is 1. The maximum Gasteiger partial charge on any atom is 0.258 e. The zero-order chi connectivity index (χ0) is 20.5. The van der Waals surface area contributed by atoms with Crippen LogP contribution in [0.5, 0.6) is 5.75 Å². The van der Waals surface area contributed by atoms with E-state index in [1.165, 1.54) is 11.8 Å². The van der Waals surface area contributed by atoms with Gasteiger partial charge in [-0.05, 0) is 54.0 Å². The minimum atomic E-state index is -0.311. The number of nitrogens with zero attached hydrogens (tertiary/aromatic N) is 1. The molecule has 2 N–H and O–H groups in total. The summed E-state index contributed by atoms with van der Waals surface area (Å²) in [4.78, 5) is 16.1. The fraction of sp³-hybridized carbons (Fsp3) is 0.174. The molecule has 0 aliphatic carbocycles. The van der Waals surface area contributed by atoms with Gasteiger partial charge in [0.25, 0.3) is 5.91 Å². The fourth-order valence-corrected chi connectivity index (χ4v) is 2.97. The van der Waals surface area contributed by atoms with Crippen LogP contribution in [0.1, 0.15) is 34.8 Å². The maximum atomic E-state index is 12.1. The van der Waals surface area contributed by atoms with Gasteiger partial charge in [0.2, 0.25) is 0 Å². The zero-order valence-electron chi connectivity index (χ0n) is 16.2. The summed E-state index contributed by atoms with van der Waals surface area (Å²) < 4.78 is 5.89. The van der Waals surface area contributed by atoms with Gasteiger partial charge in [0.05, 0.1) is 5.56 Å². The summed E-state index contributed by atoms with van der Waals surface area (Å²) in [7, 11) is 0. The van der Waals surface area contributed by atoms with Crippen LogP contribution in [0.25, 0.3) is 0 Å². The minimum absolute atomic E-state index is 0.211. The molecular formula is C23H23N3O2S. The highest BCUT2D eigenvalue weighted by molar-refractivity contribution is 7.80. The summed E-state index contributed by atoms with van der Waals surface area (Å²) in [5.74, 6) is 0.406. The minimum Gasteiger partial charge on any atom is -0.489 e. The van der Waals surface area contributed by atoms with E-state index < -0.39 is 0 Å². The van der Waals surface area contributed by atoms with E-state index >= 15 is 0 Å². The molecule has 2 aromatic carbocycles. The first-order chi connectivity index (χ1) is 14.1. The van der Waals surface area contributed by atoms with Gasteiger partial charge in [0.1, 0.15) is 12.4 Å². The third-order valence-electron chi connectivity index (χ3n) is 4.21. The van der Waals surface area contributed by atoms with Crippen LogP contribution >= 0.6 is 12.2 Å². The third kappa shape index (κ3) is 6.40. The molecule has 1 aromatic heterocycles. The first kappa shape index (κ1) is 20.5. The van der Waals surface area contributed by atoms with Gasteiger partial charge in [-0.1, -0.05) is 43.7 Å². The number of aryl methyl sites for hydroxylation is 1. The smallest absolute Gasteiger partial charge is 0.258 e. The van der Waals surface area contributed by atoms with Crippen molar-refractivity contribution in [2.75, 3.05) is 5.32 Å². The van der Waals surface area contributed by atoms with Crippen LogP contribution in [0.3, 0.4) is 0 Å². The van der Waals surface area contributed by atoms with E-state index in [-0.39, 0.29) is 11.0 Å². The summed E-state index contributed by atoms with van der Waals surface area (Å²) in [5.41, 5.74) is 3.63. The van der Waals surface area contributed by atoms with E-state index in [0.717, 1.165) is 24.1 Å². The Morgan fingerprint density at radius 2 is 1.86 bits per heavy atom. The van der Waals surface area contributed by atoms with Gasteiger partial charge in [-0.3, -0.25) is 15.1 Å². The first-order valence-electron chi connectivity index (χ1n) is 9.47. The lowest BCUT2D eigenvalue weighted by molar-refractivity contribution is 0.0977. The molecule has 0 fully saturated rings. The normalized spacial score (nSPS) is 10.2. The van der Waals surface area contributed by atoms with Gasteiger partial charge in [0, 0.05) is 24.1 Å². The van der Waals surface area contributed by atoms with Crippen molar-refractivity contribution in [2.45, 2.75) is 26.4 Å². The lowest BCUT2D eigenvalue weighted by Gasteiger charge is -2.12. The summed E-state index contributed by atoms with van der Waals surface area (Å²) in [6.07, 6.45) is 5.33. The van der Waals surface area contributed by atoms with Crippen LogP contribution in [0.15, 0.2) is 73.1 Å². The molecule has 3 aromatic rings. The molecule has 148 valence electrons. The van der Waals surface area contributed by atoms with Crippen LogP contribution in [0.4, 0.5) is 5.69 Å². The van der Waals surface area contributed by atoms with Crippen molar-refractivity contribution < 1.29 is 9.53 Å². The molecule has 0 spiro atoms. The Labute approximate surface area is 176 Å². The number of amides is 1. The molecule has 0 saturated carbocycles. The fourth-order valence-electron chi connectivity index (χ4n) is 2.76. The second-order valence-electron chi connectivity index (χ2n) is 6.53. The van der Waals surface area contributed by atoms with Gasteiger partial charge >= 0.3 is 0 Å². The Balaban J connectivity index is 1.53. The number of rotatable bonds is 7. The molecule has 0 radical (unpaired) electrons. The molecule has 0 atom stereocenters. The number of pyridine rings is 1. The van der Waals surface area contributed by atoms with Crippen molar-refractivity contribution in [1.82, 2.24) is 10.3 Å². The topological polar surface area (TPSA) is 63.2 Å². The van der Waals surface area contributed by atoms with E-state index in [1.54, 1.807) is 18.3 Å². The second-order valence-corrected chi connectivity index (χ2v) is 6.94. The van der Waals surface area contributed by atoms with Gasteiger partial charge in [-0.25, -0.2) is 0 Å². The van der Waals surface area contributed by atoms with Crippen molar-refractivity contribution in [3.8, 4) is 5.75 Å². The van der Waals surface area contributed by atoms with E-state index in [0.29, 0.717) is 17.9 Å². The Hall–Kier alpha value is -3.25. The average Bonchev–Trinajstić information content (AvgIpc) is 2.74. The molecular weight excluding hydrogens is 382 g/mol. The predicted octanol–water partition coefficient (Wildman–Crippen LogP) is 4.74. The van der Waals surface area contributed by atoms with Crippen molar-refractivity contribution in [2.24, 2.45) is 0 Å². The van der Waals surface area contributed by atoms with Crippen molar-refractivity contribution in [3.63, 3.8) is 0 Å². The largest absolute Gasteiger partial charge is 0.489 e. The lowest BCUT2D eigenvalue weighted by atomic mass is 10.1. The number of aromatic nitrogens is 1. The zero-order valence-corrected chi connectivity index (χ0v) is 17.0. The number of nitrogens with one attached hydrogen (secondary N) is 2. The van der Waals surface area contributed by atoms with Crippen LogP contribution in [0.2, 0.25) is 0 Å². The van der Waals surface area contributed by atoms with E-state index in [9.17, 15) is 4.79 Å². The molecule has 0 aliphatic heterocycles. The molecule has 29 heavy (non-hydrogen) atoms. The number of carbonyl (C=O) groups is 1. The SMILES string of the molecule is CCCc1ccc(COc2cccc(NC(=S)NC(=O)c3cccnc3)c2)cc1. The number of anilines is 1. The predicted molar refractivity (Wildman–Crippen MR) is 119 cm³/mol. The van der Waals surface area contributed by atoms with Crippen LogP contribution in [0, 0.1) is 0 Å². The molecule has 0 bridgehead atoms. The van der Waals surface area contributed by atoms with Crippen LogP contribution < -0.4 is 15.4 Å². The van der Waals surface area contributed by atoms with Crippen molar-refractivity contribution in [3.05, 3.63) is 89.7 Å². The molecule has 3 rings (SSSR count). The standard InChI is InChI=1S/C23H23N3O2S/c1-2-5-17-9-11-18(12-10-17)16-28-21-8-3-7-20(14-21)25-23(29)26-22(27)19-6-4-13-24-15-19/h3-4,6-15H,2,5,16H2,1H3,(H2,25,26,27,29). The number of carbonyl (C=O) groups excluding carboxylic acids is 1. The number of thiocarbonyl (C=S) groups is 1. The Morgan fingerprint density at radius 1 is 1.07 bits per heavy atom. The molecule has 0 saturated heterocycles. The van der Waals surface area contributed by atoms with E-state index in [4.69, 9.17) is 17.0 Å². The Bertz CT molecular complexity index is 959. The number of hydrogen-bond donors (Lipinski definition) is 2. The third-order valence-corrected chi connectivity index (χ3v) is 4.41. The van der Waals surface area contributed by atoms with Gasteiger partial charge < -0.3 is 10.1 Å². The first-order valence-corrected chi connectivity index (χ1v) is 9.88.